The zero-order chi connectivity index (χ0) is 21.8. The third-order valence-corrected chi connectivity index (χ3v) is 5.43. The Morgan fingerprint density at radius 2 is 1.77 bits per heavy atom. The van der Waals surface area contributed by atoms with Crippen molar-refractivity contribution in [3.05, 3.63) is 94.8 Å². The minimum Gasteiger partial charge on any atom is -0.376 e. The molecule has 6 heteroatoms. The molecule has 156 valence electrons. The summed E-state index contributed by atoms with van der Waals surface area (Å²) in [5.41, 5.74) is 7.59. The van der Waals surface area contributed by atoms with Crippen LogP contribution in [0.15, 0.2) is 77.9 Å². The fraction of sp³-hybridized carbons (Fsp3) is 0.120. The molecular weight excluding hydrogens is 408 g/mol. The van der Waals surface area contributed by atoms with Gasteiger partial charge in [0.2, 0.25) is 0 Å². The van der Waals surface area contributed by atoms with Gasteiger partial charge in [-0.15, -0.1) is 0 Å². The van der Waals surface area contributed by atoms with Gasteiger partial charge in [-0.3, -0.25) is 4.79 Å². The number of rotatable bonds is 6. The molecule has 5 nitrogen and oxygen atoms in total. The summed E-state index contributed by atoms with van der Waals surface area (Å²) in [4.78, 5) is 12.2. The molecule has 1 amide bonds. The van der Waals surface area contributed by atoms with E-state index in [0.717, 1.165) is 39.1 Å². The van der Waals surface area contributed by atoms with E-state index < -0.39 is 0 Å². The SMILES string of the molecule is Cc1cc(/C=N\NC(=O)CNc2cccc3ccccc23)c(C)n1-c1ccc(Cl)cc1. The number of amides is 1. The molecule has 1 heterocycles. The van der Waals surface area contributed by atoms with Gasteiger partial charge in [-0.2, -0.15) is 5.10 Å². The van der Waals surface area contributed by atoms with Crippen LogP contribution in [0.3, 0.4) is 0 Å². The first-order valence-corrected chi connectivity index (χ1v) is 10.4. The molecule has 2 N–H and O–H groups in total. The molecule has 4 aromatic rings. The average molecular weight is 431 g/mol. The molecule has 1 aromatic heterocycles. The molecule has 0 bridgehead atoms. The van der Waals surface area contributed by atoms with Crippen LogP contribution in [0.25, 0.3) is 16.5 Å². The largest absolute Gasteiger partial charge is 0.376 e. The van der Waals surface area contributed by atoms with Crippen molar-refractivity contribution in [1.82, 2.24) is 9.99 Å². The number of fused-ring (bicyclic) bond motifs is 1. The zero-order valence-corrected chi connectivity index (χ0v) is 18.1. The maximum atomic E-state index is 12.2. The number of hydrogen-bond acceptors (Lipinski definition) is 3. The number of nitrogens with one attached hydrogen (secondary N) is 2. The van der Waals surface area contributed by atoms with Crippen LogP contribution in [0, 0.1) is 13.8 Å². The fourth-order valence-corrected chi connectivity index (χ4v) is 3.80. The molecule has 0 spiro atoms. The summed E-state index contributed by atoms with van der Waals surface area (Å²) in [6.07, 6.45) is 1.67. The van der Waals surface area contributed by atoms with Crippen LogP contribution in [0.5, 0.6) is 0 Å². The summed E-state index contributed by atoms with van der Waals surface area (Å²) in [7, 11) is 0. The van der Waals surface area contributed by atoms with Gasteiger partial charge in [0.25, 0.3) is 5.91 Å². The van der Waals surface area contributed by atoms with Gasteiger partial charge >= 0.3 is 0 Å². The molecule has 0 saturated carbocycles. The average Bonchev–Trinajstić information content (AvgIpc) is 3.06. The molecule has 0 aliphatic carbocycles. The highest BCUT2D eigenvalue weighted by Gasteiger charge is 2.09. The van der Waals surface area contributed by atoms with Crippen LogP contribution in [0.1, 0.15) is 17.0 Å². The predicted molar refractivity (Wildman–Crippen MR) is 128 cm³/mol. The minimum absolute atomic E-state index is 0.134. The standard InChI is InChI=1S/C25H23ClN4O/c1-17-14-20(18(2)30(17)22-12-10-21(26)11-13-22)15-28-29-25(31)16-27-24-9-5-7-19-6-3-4-8-23(19)24/h3-15,27H,16H2,1-2H3,(H,29,31)/b28-15-. The van der Waals surface area contributed by atoms with Crippen molar-refractivity contribution in [1.29, 1.82) is 0 Å². The molecule has 0 atom stereocenters. The van der Waals surface area contributed by atoms with E-state index in [1.54, 1.807) is 6.21 Å². The van der Waals surface area contributed by atoms with Crippen LogP contribution in [0.4, 0.5) is 5.69 Å². The number of carbonyl (C=O) groups is 1. The van der Waals surface area contributed by atoms with Gasteiger partial charge in [-0.25, -0.2) is 5.43 Å². The summed E-state index contributed by atoms with van der Waals surface area (Å²) < 4.78 is 2.13. The smallest absolute Gasteiger partial charge is 0.259 e. The van der Waals surface area contributed by atoms with Crippen molar-refractivity contribution in [2.45, 2.75) is 13.8 Å². The van der Waals surface area contributed by atoms with Crippen LogP contribution >= 0.6 is 11.6 Å². The highest BCUT2D eigenvalue weighted by molar-refractivity contribution is 6.30. The number of carbonyl (C=O) groups excluding carboxylic acids is 1. The Bertz CT molecular complexity index is 1250. The maximum absolute atomic E-state index is 12.2. The third-order valence-electron chi connectivity index (χ3n) is 5.18. The second kappa shape index (κ2) is 9.06. The lowest BCUT2D eigenvalue weighted by atomic mass is 10.1. The van der Waals surface area contributed by atoms with Gasteiger partial charge in [-0.1, -0.05) is 48.0 Å². The number of aromatic nitrogens is 1. The van der Waals surface area contributed by atoms with E-state index in [1.165, 1.54) is 0 Å². The van der Waals surface area contributed by atoms with E-state index in [0.29, 0.717) is 5.02 Å². The van der Waals surface area contributed by atoms with Gasteiger partial charge in [0.1, 0.15) is 0 Å². The zero-order valence-electron chi connectivity index (χ0n) is 17.4. The van der Waals surface area contributed by atoms with Crippen molar-refractivity contribution in [3.63, 3.8) is 0 Å². The molecule has 0 unspecified atom stereocenters. The lowest BCUT2D eigenvalue weighted by Gasteiger charge is -2.09. The lowest BCUT2D eigenvalue weighted by Crippen LogP contribution is -2.25. The topological polar surface area (TPSA) is 58.4 Å². The highest BCUT2D eigenvalue weighted by Crippen LogP contribution is 2.23. The van der Waals surface area contributed by atoms with Crippen LogP contribution in [-0.4, -0.2) is 23.2 Å². The maximum Gasteiger partial charge on any atom is 0.259 e. The normalized spacial score (nSPS) is 11.2. The molecule has 3 aromatic carbocycles. The van der Waals surface area contributed by atoms with Crippen molar-refractivity contribution >= 4 is 40.2 Å². The van der Waals surface area contributed by atoms with Crippen LogP contribution in [-0.2, 0) is 4.79 Å². The Kier molecular flexibility index (Phi) is 6.05. The molecule has 0 radical (unpaired) electrons. The van der Waals surface area contributed by atoms with Gasteiger partial charge in [0, 0.05) is 38.7 Å². The molecule has 31 heavy (non-hydrogen) atoms. The Balaban J connectivity index is 1.40. The quantitative estimate of drug-likeness (QED) is 0.315. The number of benzene rings is 3. The molecule has 0 aliphatic heterocycles. The molecule has 4 rings (SSSR count). The molecule has 0 fully saturated rings. The molecule has 0 saturated heterocycles. The summed E-state index contributed by atoms with van der Waals surface area (Å²) in [5.74, 6) is -0.212. The summed E-state index contributed by atoms with van der Waals surface area (Å²) in [6, 6.07) is 23.8. The van der Waals surface area contributed by atoms with Crippen molar-refractivity contribution in [2.24, 2.45) is 5.10 Å². The van der Waals surface area contributed by atoms with Gasteiger partial charge in [0.05, 0.1) is 12.8 Å². The monoisotopic (exact) mass is 430 g/mol. The van der Waals surface area contributed by atoms with E-state index in [4.69, 9.17) is 11.6 Å². The van der Waals surface area contributed by atoms with Crippen molar-refractivity contribution in [3.8, 4) is 5.69 Å². The highest BCUT2D eigenvalue weighted by atomic mass is 35.5. The number of hydrazone groups is 1. The Labute approximate surface area is 186 Å². The fourth-order valence-electron chi connectivity index (χ4n) is 3.67. The molecular formula is C25H23ClN4O. The van der Waals surface area contributed by atoms with Crippen LogP contribution < -0.4 is 10.7 Å². The number of nitrogens with zero attached hydrogens (tertiary/aromatic N) is 2. The van der Waals surface area contributed by atoms with E-state index in [9.17, 15) is 4.79 Å². The number of aryl methyl sites for hydroxylation is 1. The first-order chi connectivity index (χ1) is 15.0. The second-order valence-corrected chi connectivity index (χ2v) is 7.75. The summed E-state index contributed by atoms with van der Waals surface area (Å²) in [6.45, 7) is 4.19. The van der Waals surface area contributed by atoms with Crippen molar-refractivity contribution < 1.29 is 4.79 Å². The number of hydrogen-bond donors (Lipinski definition) is 2. The van der Waals surface area contributed by atoms with Gasteiger partial charge < -0.3 is 9.88 Å². The molecule has 0 aliphatic rings. The van der Waals surface area contributed by atoms with E-state index >= 15 is 0 Å². The lowest BCUT2D eigenvalue weighted by molar-refractivity contribution is -0.119. The van der Waals surface area contributed by atoms with E-state index in [-0.39, 0.29) is 12.5 Å². The summed E-state index contributed by atoms with van der Waals surface area (Å²) in [5, 5.41) is 10.2. The first kappa shape index (κ1) is 20.7. The number of halogens is 1. The Morgan fingerprint density at radius 1 is 1.03 bits per heavy atom. The van der Waals surface area contributed by atoms with Crippen LogP contribution in [0.2, 0.25) is 5.02 Å². The third kappa shape index (κ3) is 4.62. The first-order valence-electron chi connectivity index (χ1n) is 10.0. The Morgan fingerprint density at radius 3 is 2.58 bits per heavy atom. The minimum atomic E-state index is -0.212. The summed E-state index contributed by atoms with van der Waals surface area (Å²) >= 11 is 6.00. The second-order valence-electron chi connectivity index (χ2n) is 7.31. The Hall–Kier alpha value is -3.57. The van der Waals surface area contributed by atoms with Gasteiger partial charge in [-0.05, 0) is 55.6 Å². The number of anilines is 1. The van der Waals surface area contributed by atoms with E-state index in [2.05, 4.69) is 20.4 Å². The van der Waals surface area contributed by atoms with Crippen molar-refractivity contribution in [2.75, 3.05) is 11.9 Å². The predicted octanol–water partition coefficient (Wildman–Crippen LogP) is 5.46. The van der Waals surface area contributed by atoms with Gasteiger partial charge in [0.15, 0.2) is 0 Å². The van der Waals surface area contributed by atoms with E-state index in [1.807, 2.05) is 86.6 Å².